The van der Waals surface area contributed by atoms with Gasteiger partial charge in [-0.05, 0) is 31.0 Å². The Labute approximate surface area is 131 Å². The topological polar surface area (TPSA) is 54.5 Å². The van der Waals surface area contributed by atoms with Crippen LogP contribution >= 0.6 is 11.6 Å². The molecule has 0 saturated carbocycles. The first-order chi connectivity index (χ1) is 9.89. The summed E-state index contributed by atoms with van der Waals surface area (Å²) < 4.78 is 23.3. The molecule has 0 aromatic heterocycles. The van der Waals surface area contributed by atoms with Crippen molar-refractivity contribution in [2.24, 2.45) is 0 Å². The summed E-state index contributed by atoms with van der Waals surface area (Å²) in [6.07, 6.45) is 6.55. The zero-order chi connectivity index (χ0) is 15.5. The van der Waals surface area contributed by atoms with Crippen LogP contribution in [0.4, 0.5) is 0 Å². The smallest absolute Gasteiger partial charge is 0.255 e. The van der Waals surface area contributed by atoms with Crippen LogP contribution in [0.3, 0.4) is 0 Å². The van der Waals surface area contributed by atoms with Crippen molar-refractivity contribution in [2.75, 3.05) is 19.3 Å². The number of benzene rings is 1. The molecule has 0 radical (unpaired) electrons. The van der Waals surface area contributed by atoms with Crippen molar-refractivity contribution in [1.29, 1.82) is 0 Å². The fourth-order valence-electron chi connectivity index (χ4n) is 2.52. The number of rotatable bonds is 2. The molecule has 116 valence electrons. The Balaban J connectivity index is 2.29. The fraction of sp³-hybridized carbons (Fsp3) is 0.533. The lowest BCUT2D eigenvalue weighted by molar-refractivity contribution is 0.0742. The summed E-state index contributed by atoms with van der Waals surface area (Å²) in [6, 6.07) is 4.30. The van der Waals surface area contributed by atoms with Gasteiger partial charge in [0.15, 0.2) is 9.84 Å². The van der Waals surface area contributed by atoms with E-state index in [0.717, 1.165) is 31.9 Å². The molecule has 21 heavy (non-hydrogen) atoms. The van der Waals surface area contributed by atoms with Crippen molar-refractivity contribution in [2.45, 2.75) is 37.0 Å². The van der Waals surface area contributed by atoms with E-state index >= 15 is 0 Å². The summed E-state index contributed by atoms with van der Waals surface area (Å²) in [5.74, 6) is -0.174. The van der Waals surface area contributed by atoms with Crippen molar-refractivity contribution >= 4 is 27.3 Å². The van der Waals surface area contributed by atoms with Gasteiger partial charge in [-0.3, -0.25) is 4.79 Å². The Morgan fingerprint density at radius 1 is 1.10 bits per heavy atom. The van der Waals surface area contributed by atoms with Crippen LogP contribution in [0, 0.1) is 0 Å². The molecule has 1 aromatic rings. The number of nitrogens with zero attached hydrogens (tertiary/aromatic N) is 1. The van der Waals surface area contributed by atoms with E-state index in [9.17, 15) is 13.2 Å². The van der Waals surface area contributed by atoms with Crippen LogP contribution in [-0.2, 0) is 9.84 Å². The van der Waals surface area contributed by atoms with Gasteiger partial charge in [0, 0.05) is 19.3 Å². The van der Waals surface area contributed by atoms with Crippen LogP contribution in [0.5, 0.6) is 0 Å². The Morgan fingerprint density at radius 2 is 1.67 bits per heavy atom. The van der Waals surface area contributed by atoms with Gasteiger partial charge in [-0.2, -0.15) is 0 Å². The molecule has 1 aliphatic heterocycles. The van der Waals surface area contributed by atoms with Crippen molar-refractivity contribution in [3.63, 3.8) is 0 Å². The molecule has 2 rings (SSSR count). The molecule has 0 bridgehead atoms. The number of carbonyl (C=O) groups is 1. The van der Waals surface area contributed by atoms with Gasteiger partial charge in [-0.1, -0.05) is 30.9 Å². The van der Waals surface area contributed by atoms with E-state index < -0.39 is 9.84 Å². The van der Waals surface area contributed by atoms with Crippen LogP contribution < -0.4 is 0 Å². The zero-order valence-electron chi connectivity index (χ0n) is 12.1. The Bertz CT molecular complexity index is 620. The van der Waals surface area contributed by atoms with E-state index in [0.29, 0.717) is 18.1 Å². The van der Waals surface area contributed by atoms with Gasteiger partial charge in [0.05, 0.1) is 15.5 Å². The highest BCUT2D eigenvalue weighted by atomic mass is 35.5. The minimum absolute atomic E-state index is 0.127. The lowest BCUT2D eigenvalue weighted by atomic mass is 10.1. The molecule has 6 heteroatoms. The lowest BCUT2D eigenvalue weighted by Gasteiger charge is -2.25. The van der Waals surface area contributed by atoms with Crippen LogP contribution in [0.1, 0.15) is 42.5 Å². The summed E-state index contributed by atoms with van der Waals surface area (Å²) >= 11 is 6.09. The predicted molar refractivity (Wildman–Crippen MR) is 83.6 cm³/mol. The summed E-state index contributed by atoms with van der Waals surface area (Å²) in [4.78, 5) is 14.5. The van der Waals surface area contributed by atoms with Gasteiger partial charge >= 0.3 is 0 Å². The van der Waals surface area contributed by atoms with Gasteiger partial charge in [-0.15, -0.1) is 0 Å². The normalized spacial score (nSPS) is 17.1. The van der Waals surface area contributed by atoms with E-state index in [1.165, 1.54) is 24.6 Å². The van der Waals surface area contributed by atoms with Crippen LogP contribution in [0.2, 0.25) is 5.02 Å². The molecule has 1 aromatic carbocycles. The highest BCUT2D eigenvalue weighted by Crippen LogP contribution is 2.23. The molecule has 1 aliphatic rings. The molecular formula is C15H20ClNO3S. The average Bonchev–Trinajstić information content (AvgIpc) is 2.36. The van der Waals surface area contributed by atoms with Crippen molar-refractivity contribution in [3.05, 3.63) is 28.8 Å². The number of amides is 1. The molecule has 0 aliphatic carbocycles. The predicted octanol–water partition coefficient (Wildman–Crippen LogP) is 3.15. The number of halogens is 1. The van der Waals surface area contributed by atoms with Gasteiger partial charge < -0.3 is 4.90 Å². The third-order valence-corrected chi connectivity index (χ3v) is 5.18. The summed E-state index contributed by atoms with van der Waals surface area (Å²) in [5.41, 5.74) is 0.278. The number of hydrogen-bond acceptors (Lipinski definition) is 3. The Hall–Kier alpha value is -1.07. The Kier molecular flexibility index (Phi) is 5.27. The molecule has 1 saturated heterocycles. The van der Waals surface area contributed by atoms with Crippen LogP contribution in [0.25, 0.3) is 0 Å². The molecule has 0 atom stereocenters. The SMILES string of the molecule is CS(=O)(=O)c1ccc(Cl)c(C(=O)N2CCCCCCC2)c1. The first-order valence-electron chi connectivity index (χ1n) is 7.18. The molecule has 1 heterocycles. The van der Waals surface area contributed by atoms with Crippen LogP contribution in [0.15, 0.2) is 23.1 Å². The Morgan fingerprint density at radius 3 is 2.24 bits per heavy atom. The maximum Gasteiger partial charge on any atom is 0.255 e. The summed E-state index contributed by atoms with van der Waals surface area (Å²) in [5, 5.41) is 0.300. The fourth-order valence-corrected chi connectivity index (χ4v) is 3.37. The van der Waals surface area contributed by atoms with E-state index in [1.54, 1.807) is 4.90 Å². The molecule has 4 nitrogen and oxygen atoms in total. The van der Waals surface area contributed by atoms with Crippen molar-refractivity contribution < 1.29 is 13.2 Å². The minimum Gasteiger partial charge on any atom is -0.339 e. The first-order valence-corrected chi connectivity index (χ1v) is 9.45. The van der Waals surface area contributed by atoms with Crippen molar-refractivity contribution in [1.82, 2.24) is 4.90 Å². The number of hydrogen-bond donors (Lipinski definition) is 0. The lowest BCUT2D eigenvalue weighted by Crippen LogP contribution is -2.34. The van der Waals surface area contributed by atoms with E-state index in [2.05, 4.69) is 0 Å². The monoisotopic (exact) mass is 329 g/mol. The highest BCUT2D eigenvalue weighted by molar-refractivity contribution is 7.90. The zero-order valence-corrected chi connectivity index (χ0v) is 13.7. The molecule has 0 spiro atoms. The van der Waals surface area contributed by atoms with E-state index in [1.807, 2.05) is 0 Å². The van der Waals surface area contributed by atoms with Crippen molar-refractivity contribution in [3.8, 4) is 0 Å². The number of carbonyl (C=O) groups excluding carboxylic acids is 1. The third-order valence-electron chi connectivity index (χ3n) is 3.74. The maximum absolute atomic E-state index is 12.6. The van der Waals surface area contributed by atoms with Gasteiger partial charge in [0.2, 0.25) is 0 Å². The van der Waals surface area contributed by atoms with E-state index in [-0.39, 0.29) is 16.4 Å². The molecule has 1 amide bonds. The largest absolute Gasteiger partial charge is 0.339 e. The van der Waals surface area contributed by atoms with Gasteiger partial charge in [-0.25, -0.2) is 8.42 Å². The molecular weight excluding hydrogens is 310 g/mol. The second-order valence-electron chi connectivity index (χ2n) is 5.47. The molecule has 0 unspecified atom stereocenters. The van der Waals surface area contributed by atoms with E-state index in [4.69, 9.17) is 11.6 Å². The van der Waals surface area contributed by atoms with Gasteiger partial charge in [0.25, 0.3) is 5.91 Å². The quantitative estimate of drug-likeness (QED) is 0.837. The summed E-state index contributed by atoms with van der Waals surface area (Å²) in [6.45, 7) is 1.41. The second-order valence-corrected chi connectivity index (χ2v) is 7.90. The first kappa shape index (κ1) is 16.3. The number of likely N-dealkylation sites (tertiary alicyclic amines) is 1. The number of sulfone groups is 1. The standard InChI is InChI=1S/C15H20ClNO3S/c1-21(19,20)12-7-8-14(16)13(11-12)15(18)17-9-5-3-2-4-6-10-17/h7-8,11H,2-6,9-10H2,1H3. The molecule has 1 fully saturated rings. The molecule has 0 N–H and O–H groups in total. The van der Waals surface area contributed by atoms with Crippen LogP contribution in [-0.4, -0.2) is 38.6 Å². The minimum atomic E-state index is -3.35. The summed E-state index contributed by atoms with van der Waals surface area (Å²) in [7, 11) is -3.35. The third kappa shape index (κ3) is 4.20. The average molecular weight is 330 g/mol. The van der Waals surface area contributed by atoms with Gasteiger partial charge in [0.1, 0.15) is 0 Å². The second kappa shape index (κ2) is 6.79. The maximum atomic E-state index is 12.6. The highest BCUT2D eigenvalue weighted by Gasteiger charge is 2.21.